The Hall–Kier alpha value is -2.72. The average molecular weight is 437 g/mol. The topological polar surface area (TPSA) is 82.8 Å². The second-order valence-electron chi connectivity index (χ2n) is 7.91. The lowest BCUT2D eigenvalue weighted by atomic mass is 9.93. The number of nitrogens with zero attached hydrogens (tertiary/aromatic N) is 2. The van der Waals surface area contributed by atoms with Gasteiger partial charge in [-0.05, 0) is 36.3 Å². The van der Waals surface area contributed by atoms with Gasteiger partial charge in [0.15, 0.2) is 5.78 Å². The maximum Gasteiger partial charge on any atom is 0.173 e. The average Bonchev–Trinajstić information content (AvgIpc) is 2.79. The fraction of sp³-hybridized carbons (Fsp3) is 0.462. The maximum absolute atomic E-state index is 12.7. The molecule has 6 heteroatoms. The van der Waals surface area contributed by atoms with Crippen molar-refractivity contribution < 1.29 is 19.4 Å². The van der Waals surface area contributed by atoms with Gasteiger partial charge in [0.05, 0.1) is 37.7 Å². The van der Waals surface area contributed by atoms with E-state index in [4.69, 9.17) is 14.6 Å². The normalized spacial score (nSPS) is 16.1. The van der Waals surface area contributed by atoms with Crippen molar-refractivity contribution in [2.24, 2.45) is 0 Å². The summed E-state index contributed by atoms with van der Waals surface area (Å²) in [5.74, 6) is -0.164. The summed E-state index contributed by atoms with van der Waals surface area (Å²) in [6, 6.07) is 14.9. The summed E-state index contributed by atoms with van der Waals surface area (Å²) in [4.78, 5) is 15.1. The highest BCUT2D eigenvalue weighted by Gasteiger charge is 2.29. The van der Waals surface area contributed by atoms with Gasteiger partial charge in [-0.3, -0.25) is 4.79 Å². The molecule has 0 radical (unpaired) electrons. The zero-order valence-electron chi connectivity index (χ0n) is 18.8. The van der Waals surface area contributed by atoms with Crippen LogP contribution in [0.4, 0.5) is 5.69 Å². The largest absolute Gasteiger partial charge is 0.394 e. The Morgan fingerprint density at radius 3 is 2.66 bits per heavy atom. The summed E-state index contributed by atoms with van der Waals surface area (Å²) in [6.45, 7) is 4.74. The Kier molecular flexibility index (Phi) is 9.24. The first-order valence-corrected chi connectivity index (χ1v) is 11.4. The number of carbonyl (C=O) groups excluding carboxylic acids is 1. The van der Waals surface area contributed by atoms with Crippen LogP contribution in [0, 0.1) is 11.3 Å². The zero-order valence-corrected chi connectivity index (χ0v) is 18.8. The summed E-state index contributed by atoms with van der Waals surface area (Å²) in [5, 5.41) is 20.6. The van der Waals surface area contributed by atoms with Crippen molar-refractivity contribution in [2.45, 2.75) is 38.6 Å². The van der Waals surface area contributed by atoms with E-state index in [0.717, 1.165) is 41.4 Å². The highest BCUT2D eigenvalue weighted by Crippen LogP contribution is 2.38. The standard InChI is InChI=1S/C26H32N2O4/c1-2-23-11-12-28(23)26-21(10-9-20-6-3-4-7-24(20)26)18-22(19-27)25(30)8-5-14-31-16-17-32-15-13-29/h3-4,6-7,9-10,18,23,29H,2,5,8,11-17H2,1H3/b22-18+. The number of benzene rings is 2. The minimum atomic E-state index is -0.164. The van der Waals surface area contributed by atoms with E-state index in [2.05, 4.69) is 36.1 Å². The lowest BCUT2D eigenvalue weighted by molar-refractivity contribution is -0.115. The Morgan fingerprint density at radius 2 is 1.97 bits per heavy atom. The second kappa shape index (κ2) is 12.4. The maximum atomic E-state index is 12.7. The first kappa shape index (κ1) is 23.9. The summed E-state index contributed by atoms with van der Waals surface area (Å²) in [5.41, 5.74) is 2.22. The third kappa shape index (κ3) is 5.95. The minimum Gasteiger partial charge on any atom is -0.394 e. The molecule has 0 aromatic heterocycles. The van der Waals surface area contributed by atoms with Crippen LogP contribution in [0.5, 0.6) is 0 Å². The number of carbonyl (C=O) groups is 1. The molecule has 2 aromatic rings. The van der Waals surface area contributed by atoms with Crippen LogP contribution in [0.15, 0.2) is 42.0 Å². The molecule has 32 heavy (non-hydrogen) atoms. The van der Waals surface area contributed by atoms with Gasteiger partial charge in [0.25, 0.3) is 0 Å². The van der Waals surface area contributed by atoms with Gasteiger partial charge in [-0.15, -0.1) is 0 Å². The van der Waals surface area contributed by atoms with Crippen molar-refractivity contribution in [3.63, 3.8) is 0 Å². The van der Waals surface area contributed by atoms with Gasteiger partial charge in [0.2, 0.25) is 0 Å². The van der Waals surface area contributed by atoms with Crippen molar-refractivity contribution >= 4 is 28.3 Å². The number of rotatable bonds is 13. The molecule has 1 heterocycles. The molecule has 1 fully saturated rings. The van der Waals surface area contributed by atoms with E-state index in [1.54, 1.807) is 6.08 Å². The number of ether oxygens (including phenoxy) is 2. The van der Waals surface area contributed by atoms with E-state index >= 15 is 0 Å². The number of hydrogen-bond acceptors (Lipinski definition) is 6. The van der Waals surface area contributed by atoms with Gasteiger partial charge < -0.3 is 19.5 Å². The van der Waals surface area contributed by atoms with Gasteiger partial charge in [0.1, 0.15) is 6.07 Å². The van der Waals surface area contributed by atoms with Gasteiger partial charge in [-0.25, -0.2) is 0 Å². The van der Waals surface area contributed by atoms with Crippen LogP contribution in [0.1, 0.15) is 38.2 Å². The molecule has 1 saturated heterocycles. The molecule has 3 rings (SSSR count). The Labute approximate surface area is 190 Å². The number of fused-ring (bicyclic) bond motifs is 1. The summed E-state index contributed by atoms with van der Waals surface area (Å²) >= 11 is 0. The summed E-state index contributed by atoms with van der Waals surface area (Å²) in [6.07, 6.45) is 4.80. The third-order valence-corrected chi connectivity index (χ3v) is 5.86. The predicted octanol–water partition coefficient (Wildman–Crippen LogP) is 4.11. The molecule has 1 N–H and O–H groups in total. The molecule has 0 bridgehead atoms. The van der Waals surface area contributed by atoms with Crippen LogP contribution in [0.25, 0.3) is 16.8 Å². The minimum absolute atomic E-state index is 0.00639. The molecule has 1 unspecified atom stereocenters. The number of aliphatic hydroxyl groups excluding tert-OH is 1. The summed E-state index contributed by atoms with van der Waals surface area (Å²) < 4.78 is 10.6. The van der Waals surface area contributed by atoms with Crippen LogP contribution in [-0.4, -0.2) is 56.5 Å². The van der Waals surface area contributed by atoms with Crippen molar-refractivity contribution in [3.05, 3.63) is 47.5 Å². The molecular formula is C26H32N2O4. The number of Topliss-reactive ketones (excluding diaryl/α,β-unsaturated/α-hetero) is 1. The second-order valence-corrected chi connectivity index (χ2v) is 7.91. The van der Waals surface area contributed by atoms with E-state index < -0.39 is 0 Å². The first-order chi connectivity index (χ1) is 15.7. The number of ketones is 1. The van der Waals surface area contributed by atoms with Gasteiger partial charge in [0, 0.05) is 31.0 Å². The van der Waals surface area contributed by atoms with E-state index in [-0.39, 0.29) is 24.4 Å². The number of aliphatic hydroxyl groups is 1. The highest BCUT2D eigenvalue weighted by atomic mass is 16.5. The molecule has 2 aromatic carbocycles. The van der Waals surface area contributed by atoms with Crippen molar-refractivity contribution in [1.82, 2.24) is 0 Å². The number of allylic oxidation sites excluding steroid dienone is 1. The molecule has 6 nitrogen and oxygen atoms in total. The van der Waals surface area contributed by atoms with E-state index in [9.17, 15) is 10.1 Å². The molecule has 0 aliphatic carbocycles. The molecule has 1 atom stereocenters. The van der Waals surface area contributed by atoms with Crippen LogP contribution < -0.4 is 4.90 Å². The summed E-state index contributed by atoms with van der Waals surface area (Å²) in [7, 11) is 0. The fourth-order valence-corrected chi connectivity index (χ4v) is 4.06. The molecular weight excluding hydrogens is 404 g/mol. The lowest BCUT2D eigenvalue weighted by Gasteiger charge is -2.44. The van der Waals surface area contributed by atoms with Crippen molar-refractivity contribution in [2.75, 3.05) is 44.5 Å². The molecule has 1 aliphatic heterocycles. The van der Waals surface area contributed by atoms with Crippen molar-refractivity contribution in [3.8, 4) is 6.07 Å². The molecule has 0 amide bonds. The highest BCUT2D eigenvalue weighted by molar-refractivity contribution is 6.06. The monoisotopic (exact) mass is 436 g/mol. The number of hydrogen-bond donors (Lipinski definition) is 1. The van der Waals surface area contributed by atoms with Gasteiger partial charge in [-0.1, -0.05) is 43.3 Å². The van der Waals surface area contributed by atoms with Crippen LogP contribution in [0.2, 0.25) is 0 Å². The van der Waals surface area contributed by atoms with Gasteiger partial charge in [-0.2, -0.15) is 5.26 Å². The van der Waals surface area contributed by atoms with E-state index in [0.29, 0.717) is 38.9 Å². The van der Waals surface area contributed by atoms with Crippen LogP contribution in [0.3, 0.4) is 0 Å². The zero-order chi connectivity index (χ0) is 22.8. The Bertz CT molecular complexity index is 977. The Morgan fingerprint density at radius 1 is 1.19 bits per heavy atom. The SMILES string of the molecule is CCC1CCN1c1c(/C=C(\C#N)C(=O)CCCOCCOCCO)ccc2ccccc12. The van der Waals surface area contributed by atoms with E-state index in [1.165, 1.54) is 0 Å². The molecule has 0 spiro atoms. The Balaban J connectivity index is 1.71. The van der Waals surface area contributed by atoms with Gasteiger partial charge >= 0.3 is 0 Å². The molecule has 1 aliphatic rings. The smallest absolute Gasteiger partial charge is 0.173 e. The van der Waals surface area contributed by atoms with Crippen LogP contribution >= 0.6 is 0 Å². The number of nitriles is 1. The molecule has 170 valence electrons. The number of anilines is 1. The predicted molar refractivity (Wildman–Crippen MR) is 127 cm³/mol. The van der Waals surface area contributed by atoms with Crippen LogP contribution in [-0.2, 0) is 14.3 Å². The van der Waals surface area contributed by atoms with E-state index in [1.807, 2.05) is 18.2 Å². The third-order valence-electron chi connectivity index (χ3n) is 5.86. The first-order valence-electron chi connectivity index (χ1n) is 11.4. The fourth-order valence-electron chi connectivity index (χ4n) is 4.06. The molecule has 0 saturated carbocycles. The lowest BCUT2D eigenvalue weighted by Crippen LogP contribution is -2.47. The van der Waals surface area contributed by atoms with Crippen molar-refractivity contribution in [1.29, 1.82) is 5.26 Å². The quantitative estimate of drug-likeness (QED) is 0.289.